The minimum atomic E-state index is -0.0730. The lowest BCUT2D eigenvalue weighted by atomic mass is 9.45. The number of fused-ring (bicyclic) bond motifs is 13. The molecule has 2 aromatic heterocycles. The Kier molecular flexibility index (Phi) is 4.93. The Hall–Kier alpha value is -5.42. The average molecular weight is 635 g/mol. The van der Waals surface area contributed by atoms with Crippen molar-refractivity contribution < 1.29 is 9.15 Å². The Labute approximate surface area is 285 Å². The number of anilines is 3. The molecule has 8 aromatic rings. The molecule has 0 fully saturated rings. The summed E-state index contributed by atoms with van der Waals surface area (Å²) in [6.45, 7) is 13.8. The molecule has 0 N–H and O–H groups in total. The first kappa shape index (κ1) is 27.5. The zero-order chi connectivity index (χ0) is 33.1. The van der Waals surface area contributed by atoms with Gasteiger partial charge in [0, 0.05) is 38.1 Å². The molecule has 3 aliphatic rings. The van der Waals surface area contributed by atoms with E-state index in [1.165, 1.54) is 55.0 Å². The van der Waals surface area contributed by atoms with E-state index in [1.54, 1.807) is 0 Å². The molecule has 11 rings (SSSR count). The van der Waals surface area contributed by atoms with E-state index in [2.05, 4.69) is 154 Å². The van der Waals surface area contributed by atoms with Crippen LogP contribution in [0.15, 0.2) is 108 Å². The number of aromatic nitrogens is 1. The van der Waals surface area contributed by atoms with Crippen molar-refractivity contribution in [3.8, 4) is 22.6 Å². The minimum Gasteiger partial charge on any atom is -0.454 e. The summed E-state index contributed by atoms with van der Waals surface area (Å²) < 4.78 is 16.2. The topological polar surface area (TPSA) is 30.5 Å². The molecule has 0 spiro atoms. The van der Waals surface area contributed by atoms with E-state index >= 15 is 0 Å². The van der Waals surface area contributed by atoms with Gasteiger partial charge >= 0.3 is 6.85 Å². The molecule has 4 nitrogen and oxygen atoms in total. The molecule has 0 aliphatic carbocycles. The molecule has 0 saturated heterocycles. The molecule has 5 heterocycles. The molecule has 0 bridgehead atoms. The molecule has 0 radical (unpaired) electrons. The third kappa shape index (κ3) is 3.40. The van der Waals surface area contributed by atoms with Gasteiger partial charge in [0.25, 0.3) is 0 Å². The van der Waals surface area contributed by atoms with Gasteiger partial charge in [0.2, 0.25) is 0 Å². The fraction of sp³-hybridized carbons (Fsp3) is 0.182. The van der Waals surface area contributed by atoms with Crippen molar-refractivity contribution in [2.45, 2.75) is 52.4 Å². The normalized spacial score (nSPS) is 14.4. The van der Waals surface area contributed by atoms with Crippen molar-refractivity contribution in [3.63, 3.8) is 0 Å². The zero-order valence-electron chi connectivity index (χ0n) is 28.6. The van der Waals surface area contributed by atoms with Gasteiger partial charge in [-0.15, -0.1) is 0 Å². The number of hydrogen-bond acceptors (Lipinski definition) is 3. The maximum atomic E-state index is 6.92. The smallest absolute Gasteiger partial charge is 0.333 e. The lowest BCUT2D eigenvalue weighted by Crippen LogP contribution is -2.57. The Balaban J connectivity index is 1.39. The van der Waals surface area contributed by atoms with Gasteiger partial charge in [0.05, 0.1) is 17.1 Å². The Morgan fingerprint density at radius 2 is 1.35 bits per heavy atom. The Morgan fingerprint density at radius 1 is 0.592 bits per heavy atom. The van der Waals surface area contributed by atoms with Gasteiger partial charge in [-0.25, -0.2) is 0 Å². The van der Waals surface area contributed by atoms with Crippen LogP contribution in [-0.4, -0.2) is 11.3 Å². The monoisotopic (exact) mass is 634 g/mol. The maximum absolute atomic E-state index is 6.92. The summed E-state index contributed by atoms with van der Waals surface area (Å²) in [5, 5.41) is 4.91. The van der Waals surface area contributed by atoms with Crippen molar-refractivity contribution in [1.82, 2.24) is 4.48 Å². The van der Waals surface area contributed by atoms with E-state index in [0.717, 1.165) is 50.5 Å². The van der Waals surface area contributed by atoms with Gasteiger partial charge in [0.1, 0.15) is 5.58 Å². The van der Waals surface area contributed by atoms with Crippen LogP contribution in [0.3, 0.4) is 0 Å². The molecule has 236 valence electrons. The number of hydrogen-bond donors (Lipinski definition) is 0. The van der Waals surface area contributed by atoms with Crippen molar-refractivity contribution in [2.75, 3.05) is 4.90 Å². The number of furan rings is 1. The van der Waals surface area contributed by atoms with Gasteiger partial charge in [0.15, 0.2) is 17.1 Å². The first-order valence-electron chi connectivity index (χ1n) is 17.4. The van der Waals surface area contributed by atoms with E-state index in [-0.39, 0.29) is 17.7 Å². The molecule has 6 aromatic carbocycles. The highest BCUT2D eigenvalue weighted by Crippen LogP contribution is 2.55. The van der Waals surface area contributed by atoms with Crippen molar-refractivity contribution >= 4 is 78.6 Å². The SMILES string of the molecule is CC(C)(C)c1ccc2c(c1)c1cc(C(C)(C)C)cc3c1n2B1c2cccc4c2N(c2ccccc2O4)c2c1c-3cc1c2oc2ccccc21. The molecular formula is C44H35BN2O2. The van der Waals surface area contributed by atoms with Crippen LogP contribution in [0.4, 0.5) is 17.1 Å². The van der Waals surface area contributed by atoms with E-state index in [9.17, 15) is 0 Å². The van der Waals surface area contributed by atoms with Gasteiger partial charge < -0.3 is 18.5 Å². The van der Waals surface area contributed by atoms with Crippen molar-refractivity contribution in [2.24, 2.45) is 0 Å². The molecule has 0 saturated carbocycles. The highest BCUT2D eigenvalue weighted by molar-refractivity contribution is 6.90. The van der Waals surface area contributed by atoms with Crippen LogP contribution in [0.5, 0.6) is 11.5 Å². The first-order valence-corrected chi connectivity index (χ1v) is 17.4. The lowest BCUT2D eigenvalue weighted by molar-refractivity contribution is 0.477. The largest absolute Gasteiger partial charge is 0.454 e. The van der Waals surface area contributed by atoms with Gasteiger partial charge in [-0.05, 0) is 93.0 Å². The average Bonchev–Trinajstić information content (AvgIpc) is 3.62. The standard InChI is InChI=1S/C44H35BN2O2/c1-43(2,3)24-18-19-33-27(20-24)29-21-25(44(4,5)6)22-30-28-23-31-26-12-7-9-15-35(26)49-42(31)41-38(28)45(47(33)39(29)30)32-13-11-17-37-40(32)46(41)34-14-8-10-16-36(34)48-37/h7-23H,1-6H3. The lowest BCUT2D eigenvalue weighted by Gasteiger charge is -2.43. The number of ether oxygens (including phenoxy) is 1. The molecular weight excluding hydrogens is 599 g/mol. The summed E-state index contributed by atoms with van der Waals surface area (Å²) in [7, 11) is 0. The van der Waals surface area contributed by atoms with E-state index in [0.29, 0.717) is 0 Å². The molecule has 0 unspecified atom stereocenters. The third-order valence-corrected chi connectivity index (χ3v) is 11.2. The van der Waals surface area contributed by atoms with E-state index in [4.69, 9.17) is 9.15 Å². The second kappa shape index (κ2) is 8.78. The molecule has 0 atom stereocenters. The number of rotatable bonds is 0. The van der Waals surface area contributed by atoms with Gasteiger partial charge in [-0.3, -0.25) is 0 Å². The summed E-state index contributed by atoms with van der Waals surface area (Å²) >= 11 is 0. The number of para-hydroxylation sites is 4. The van der Waals surface area contributed by atoms with Crippen LogP contribution >= 0.6 is 0 Å². The van der Waals surface area contributed by atoms with E-state index < -0.39 is 0 Å². The highest BCUT2D eigenvalue weighted by Gasteiger charge is 2.47. The van der Waals surface area contributed by atoms with Crippen molar-refractivity contribution in [3.05, 3.63) is 114 Å². The second-order valence-corrected chi connectivity index (χ2v) is 16.2. The fourth-order valence-electron chi connectivity index (χ4n) is 8.84. The third-order valence-electron chi connectivity index (χ3n) is 11.2. The Morgan fingerprint density at radius 3 is 2.18 bits per heavy atom. The predicted molar refractivity (Wildman–Crippen MR) is 205 cm³/mol. The second-order valence-electron chi connectivity index (χ2n) is 16.2. The quantitative estimate of drug-likeness (QED) is 0.156. The van der Waals surface area contributed by atoms with Gasteiger partial charge in [-0.2, -0.15) is 0 Å². The van der Waals surface area contributed by atoms with Crippen LogP contribution in [0.25, 0.3) is 54.9 Å². The summed E-state index contributed by atoms with van der Waals surface area (Å²) in [6, 6.07) is 38.0. The molecule has 49 heavy (non-hydrogen) atoms. The minimum absolute atomic E-state index is 0.0313. The summed E-state index contributed by atoms with van der Waals surface area (Å²) in [5.74, 6) is 1.72. The maximum Gasteiger partial charge on any atom is 0.333 e. The van der Waals surface area contributed by atoms with Gasteiger partial charge in [-0.1, -0.05) is 90.1 Å². The van der Waals surface area contributed by atoms with Crippen LogP contribution in [0, 0.1) is 0 Å². The zero-order valence-corrected chi connectivity index (χ0v) is 28.6. The number of benzene rings is 6. The predicted octanol–water partition coefficient (Wildman–Crippen LogP) is 10.8. The Bertz CT molecular complexity index is 2790. The van der Waals surface area contributed by atoms with Crippen LogP contribution < -0.4 is 20.6 Å². The van der Waals surface area contributed by atoms with Crippen LogP contribution in [0.1, 0.15) is 52.7 Å². The van der Waals surface area contributed by atoms with Crippen LogP contribution in [-0.2, 0) is 10.8 Å². The molecule has 5 heteroatoms. The van der Waals surface area contributed by atoms with Crippen LogP contribution in [0.2, 0.25) is 0 Å². The number of nitrogens with zero attached hydrogens (tertiary/aromatic N) is 2. The first-order chi connectivity index (χ1) is 23.6. The molecule has 0 amide bonds. The highest BCUT2D eigenvalue weighted by atomic mass is 16.5. The fourth-order valence-corrected chi connectivity index (χ4v) is 8.84. The summed E-state index contributed by atoms with van der Waals surface area (Å²) in [6.07, 6.45) is 0. The summed E-state index contributed by atoms with van der Waals surface area (Å²) in [5.41, 5.74) is 15.4. The van der Waals surface area contributed by atoms with Crippen molar-refractivity contribution in [1.29, 1.82) is 0 Å². The van der Waals surface area contributed by atoms with E-state index in [1.807, 2.05) is 0 Å². The summed E-state index contributed by atoms with van der Waals surface area (Å²) in [4.78, 5) is 2.43. The molecule has 3 aliphatic heterocycles.